The average Bonchev–Trinajstić information content (AvgIpc) is 2.55. The molecule has 4 heteroatoms. The third kappa shape index (κ3) is 1.32. The second-order valence-corrected chi connectivity index (χ2v) is 7.07. The number of hydrogen-bond acceptors (Lipinski definition) is 1. The van der Waals surface area contributed by atoms with Crippen LogP contribution in [0.5, 0.6) is 0 Å². The summed E-state index contributed by atoms with van der Waals surface area (Å²) in [7, 11) is 0. The molecule has 96 valence electrons. The van der Waals surface area contributed by atoms with Crippen molar-refractivity contribution in [1.82, 2.24) is 9.55 Å². The maximum atomic E-state index is 6.22. The number of imidazole rings is 1. The predicted molar refractivity (Wildman–Crippen MR) is 78.7 cm³/mol. The molecule has 2 aromatic rings. The summed E-state index contributed by atoms with van der Waals surface area (Å²) in [5.74, 6) is 0. The van der Waals surface area contributed by atoms with Gasteiger partial charge in [-0.05, 0) is 35.2 Å². The summed E-state index contributed by atoms with van der Waals surface area (Å²) in [6.07, 6.45) is 0. The predicted octanol–water partition coefficient (Wildman–Crippen LogP) is 4.96. The van der Waals surface area contributed by atoms with Gasteiger partial charge in [-0.2, -0.15) is 0 Å². The smallest absolute Gasteiger partial charge is 0.178 e. The summed E-state index contributed by atoms with van der Waals surface area (Å²) in [6, 6.07) is 6.37. The number of fused-ring (bicyclic) bond motifs is 1. The highest BCUT2D eigenvalue weighted by Gasteiger charge is 2.66. The largest absolute Gasteiger partial charge is 0.329 e. The molecule has 1 saturated carbocycles. The van der Waals surface area contributed by atoms with E-state index in [-0.39, 0.29) is 10.8 Å². The molecule has 1 aliphatic rings. The monoisotopic (exact) mass is 280 g/mol. The fourth-order valence-corrected chi connectivity index (χ4v) is 3.70. The van der Waals surface area contributed by atoms with Gasteiger partial charge >= 0.3 is 0 Å². The van der Waals surface area contributed by atoms with Crippen molar-refractivity contribution in [3.8, 4) is 0 Å². The van der Waals surface area contributed by atoms with E-state index in [0.717, 1.165) is 20.8 Å². The number of para-hydroxylation sites is 1. The zero-order valence-corrected chi connectivity index (χ0v) is 12.6. The molecule has 1 fully saturated rings. The van der Waals surface area contributed by atoms with Gasteiger partial charge in [0, 0.05) is 6.04 Å². The van der Waals surface area contributed by atoms with E-state index in [0.29, 0.717) is 6.04 Å². The van der Waals surface area contributed by atoms with Gasteiger partial charge < -0.3 is 9.55 Å². The first-order chi connectivity index (χ1) is 8.28. The van der Waals surface area contributed by atoms with Gasteiger partial charge in [0.05, 0.1) is 16.1 Å². The first kappa shape index (κ1) is 12.2. The average molecular weight is 281 g/mol. The summed E-state index contributed by atoms with van der Waals surface area (Å²) >= 11 is 11.7. The Bertz CT molecular complexity index is 679. The summed E-state index contributed by atoms with van der Waals surface area (Å²) in [5.41, 5.74) is 2.56. The Morgan fingerprint density at radius 2 is 1.83 bits per heavy atom. The van der Waals surface area contributed by atoms with Crippen LogP contribution in [0.25, 0.3) is 11.0 Å². The summed E-state index contributed by atoms with van der Waals surface area (Å²) < 4.78 is 3.00. The quantitative estimate of drug-likeness (QED) is 0.732. The van der Waals surface area contributed by atoms with Crippen molar-refractivity contribution in [1.29, 1.82) is 0 Å². The molecular formula is C14H17ClN2S. The Kier molecular flexibility index (Phi) is 2.31. The number of nitrogens with zero attached hydrogens (tertiary/aromatic N) is 1. The molecule has 1 aliphatic carbocycles. The lowest BCUT2D eigenvalue weighted by molar-refractivity contribution is 0.457. The molecule has 18 heavy (non-hydrogen) atoms. The summed E-state index contributed by atoms with van der Waals surface area (Å²) in [6.45, 7) is 9.18. The van der Waals surface area contributed by atoms with Crippen LogP contribution in [0.4, 0.5) is 0 Å². The Hall–Kier alpha value is -0.800. The normalized spacial score (nSPS) is 21.4. The summed E-state index contributed by atoms with van der Waals surface area (Å²) in [5, 5.41) is 0.730. The molecule has 1 aromatic heterocycles. The van der Waals surface area contributed by atoms with Crippen LogP contribution in [0, 0.1) is 15.6 Å². The lowest BCUT2D eigenvalue weighted by atomic mass is 10.0. The van der Waals surface area contributed by atoms with E-state index in [2.05, 4.69) is 43.3 Å². The first-order valence-electron chi connectivity index (χ1n) is 6.17. The van der Waals surface area contributed by atoms with Crippen molar-refractivity contribution < 1.29 is 0 Å². The van der Waals surface area contributed by atoms with E-state index in [9.17, 15) is 0 Å². The van der Waals surface area contributed by atoms with E-state index >= 15 is 0 Å². The number of rotatable bonds is 1. The molecule has 0 spiro atoms. The Morgan fingerprint density at radius 1 is 1.22 bits per heavy atom. The van der Waals surface area contributed by atoms with Gasteiger partial charge in [0.25, 0.3) is 0 Å². The van der Waals surface area contributed by atoms with Crippen LogP contribution in [0.15, 0.2) is 18.2 Å². The van der Waals surface area contributed by atoms with Crippen molar-refractivity contribution in [3.63, 3.8) is 0 Å². The topological polar surface area (TPSA) is 20.7 Å². The maximum Gasteiger partial charge on any atom is 0.178 e. The highest BCUT2D eigenvalue weighted by Crippen LogP contribution is 2.71. The van der Waals surface area contributed by atoms with E-state index < -0.39 is 0 Å². The van der Waals surface area contributed by atoms with Crippen LogP contribution in [-0.4, -0.2) is 9.55 Å². The molecule has 1 heterocycles. The van der Waals surface area contributed by atoms with Crippen LogP contribution in [0.3, 0.4) is 0 Å². The zero-order chi connectivity index (χ0) is 13.3. The maximum absolute atomic E-state index is 6.22. The lowest BCUT2D eigenvalue weighted by Gasteiger charge is -2.06. The minimum absolute atomic E-state index is 0.253. The SMILES string of the molecule is CC1(C)C(n2c(=S)[nH]c3c(Cl)cccc32)C1(C)C. The fourth-order valence-electron chi connectivity index (χ4n) is 3.18. The minimum Gasteiger partial charge on any atom is -0.329 e. The number of nitrogens with one attached hydrogen (secondary N) is 1. The van der Waals surface area contributed by atoms with Crippen LogP contribution in [0.1, 0.15) is 33.7 Å². The molecule has 0 radical (unpaired) electrons. The van der Waals surface area contributed by atoms with Gasteiger partial charge in [0.2, 0.25) is 0 Å². The number of H-pyrrole nitrogens is 1. The summed E-state index contributed by atoms with van der Waals surface area (Å²) in [4.78, 5) is 3.24. The molecule has 2 nitrogen and oxygen atoms in total. The van der Waals surface area contributed by atoms with Crippen molar-refractivity contribution >= 4 is 34.9 Å². The molecule has 0 bridgehead atoms. The second-order valence-electron chi connectivity index (χ2n) is 6.28. The number of aromatic nitrogens is 2. The van der Waals surface area contributed by atoms with Gasteiger partial charge in [0.15, 0.2) is 4.77 Å². The molecule has 0 aliphatic heterocycles. The van der Waals surface area contributed by atoms with Crippen LogP contribution in [-0.2, 0) is 0 Å². The van der Waals surface area contributed by atoms with Crippen LogP contribution in [0.2, 0.25) is 5.02 Å². The Balaban J connectivity index is 2.30. The zero-order valence-electron chi connectivity index (χ0n) is 11.0. The molecule has 0 saturated heterocycles. The highest BCUT2D eigenvalue weighted by molar-refractivity contribution is 7.71. The minimum atomic E-state index is 0.253. The Morgan fingerprint density at radius 3 is 2.39 bits per heavy atom. The first-order valence-corrected chi connectivity index (χ1v) is 6.96. The van der Waals surface area contributed by atoms with E-state index in [1.807, 2.05) is 12.1 Å². The lowest BCUT2D eigenvalue weighted by Crippen LogP contribution is -2.00. The van der Waals surface area contributed by atoms with Crippen LogP contribution >= 0.6 is 23.8 Å². The van der Waals surface area contributed by atoms with E-state index in [1.165, 1.54) is 0 Å². The van der Waals surface area contributed by atoms with Gasteiger partial charge in [-0.3, -0.25) is 0 Å². The highest BCUT2D eigenvalue weighted by atomic mass is 35.5. The molecule has 0 atom stereocenters. The second kappa shape index (κ2) is 3.40. The third-order valence-corrected chi connectivity index (χ3v) is 5.52. The van der Waals surface area contributed by atoms with Crippen LogP contribution < -0.4 is 0 Å². The van der Waals surface area contributed by atoms with Crippen molar-refractivity contribution in [2.45, 2.75) is 33.7 Å². The number of halogens is 1. The van der Waals surface area contributed by atoms with Crippen molar-refractivity contribution in [3.05, 3.63) is 28.0 Å². The molecule has 1 aromatic carbocycles. The standard InChI is InChI=1S/C14H17ClN2S/c1-13(2)11(14(13,3)4)17-9-7-5-6-8(15)10(9)16-12(17)18/h5-7,11H,1-4H3,(H,16,18). The van der Waals surface area contributed by atoms with Gasteiger partial charge in [-0.25, -0.2) is 0 Å². The molecule has 0 amide bonds. The molecule has 0 unspecified atom stereocenters. The molecule has 3 rings (SSSR count). The van der Waals surface area contributed by atoms with Gasteiger partial charge in [0.1, 0.15) is 0 Å². The van der Waals surface area contributed by atoms with Crippen molar-refractivity contribution in [2.75, 3.05) is 0 Å². The fraction of sp³-hybridized carbons (Fsp3) is 0.500. The van der Waals surface area contributed by atoms with E-state index in [1.54, 1.807) is 0 Å². The van der Waals surface area contributed by atoms with Gasteiger partial charge in [-0.15, -0.1) is 0 Å². The van der Waals surface area contributed by atoms with E-state index in [4.69, 9.17) is 23.8 Å². The number of hydrogen-bond donors (Lipinski definition) is 1. The molecule has 1 N–H and O–H groups in total. The molecular weight excluding hydrogens is 264 g/mol. The van der Waals surface area contributed by atoms with Crippen molar-refractivity contribution in [2.24, 2.45) is 10.8 Å². The third-order valence-electron chi connectivity index (χ3n) is 4.90. The number of aromatic amines is 1. The Labute approximate surface area is 117 Å². The number of benzene rings is 1. The van der Waals surface area contributed by atoms with Gasteiger partial charge in [-0.1, -0.05) is 45.4 Å².